The van der Waals surface area contributed by atoms with Crippen molar-refractivity contribution in [2.75, 3.05) is 0 Å². The zero-order valence-electron chi connectivity index (χ0n) is 8.54. The van der Waals surface area contributed by atoms with Crippen LogP contribution in [0.15, 0.2) is 48.7 Å². The molecule has 2 rings (SSSR count). The lowest BCUT2D eigenvalue weighted by molar-refractivity contribution is 0.141. The highest BCUT2D eigenvalue weighted by atomic mass is 16.7. The van der Waals surface area contributed by atoms with Crippen LogP contribution in [-0.4, -0.2) is 15.8 Å². The second-order valence-electron chi connectivity index (χ2n) is 3.33. The van der Waals surface area contributed by atoms with Gasteiger partial charge in [-0.3, -0.25) is 0 Å². The Bertz CT molecular complexity index is 476. The van der Waals surface area contributed by atoms with Crippen molar-refractivity contribution in [2.24, 2.45) is 0 Å². The predicted molar refractivity (Wildman–Crippen MR) is 58.6 cm³/mol. The molecule has 0 spiro atoms. The molecular weight excluding hydrogens is 206 g/mol. The second kappa shape index (κ2) is 4.53. The molecule has 1 N–H and O–H groups in total. The highest BCUT2D eigenvalue weighted by Crippen LogP contribution is 2.14. The van der Waals surface area contributed by atoms with Crippen LogP contribution < -0.4 is 4.74 Å². The first kappa shape index (κ1) is 10.3. The highest BCUT2D eigenvalue weighted by Gasteiger charge is 2.06. The van der Waals surface area contributed by atoms with Crippen LogP contribution in [0, 0.1) is 0 Å². The fourth-order valence-electron chi connectivity index (χ4n) is 1.49. The Kier molecular flexibility index (Phi) is 2.91. The summed E-state index contributed by atoms with van der Waals surface area (Å²) in [6.45, 7) is 0.594. The first-order chi connectivity index (χ1) is 7.75. The Balaban J connectivity index is 2.16. The van der Waals surface area contributed by atoms with Crippen molar-refractivity contribution < 1.29 is 14.6 Å². The summed E-state index contributed by atoms with van der Waals surface area (Å²) in [6.07, 6.45) is 0.485. The average molecular weight is 217 g/mol. The summed E-state index contributed by atoms with van der Waals surface area (Å²) in [5.74, 6) is 0.330. The van der Waals surface area contributed by atoms with Gasteiger partial charge in [0.15, 0.2) is 0 Å². The van der Waals surface area contributed by atoms with E-state index in [0.29, 0.717) is 12.4 Å². The van der Waals surface area contributed by atoms with Crippen LogP contribution in [0.2, 0.25) is 0 Å². The lowest BCUT2D eigenvalue weighted by Gasteiger charge is -2.07. The summed E-state index contributed by atoms with van der Waals surface area (Å²) in [6, 6.07) is 13.1. The van der Waals surface area contributed by atoms with Gasteiger partial charge in [0.05, 0.1) is 6.54 Å². The van der Waals surface area contributed by atoms with Crippen molar-refractivity contribution >= 4 is 6.16 Å². The first-order valence-electron chi connectivity index (χ1n) is 4.85. The monoisotopic (exact) mass is 217 g/mol. The molecule has 0 saturated carbocycles. The zero-order valence-corrected chi connectivity index (χ0v) is 8.54. The number of carbonyl (C=O) groups is 1. The van der Waals surface area contributed by atoms with Crippen molar-refractivity contribution in [3.63, 3.8) is 0 Å². The maximum absolute atomic E-state index is 10.4. The number of hydrogen-bond donors (Lipinski definition) is 1. The largest absolute Gasteiger partial charge is 0.512 e. The minimum atomic E-state index is -1.30. The molecule has 0 amide bonds. The van der Waals surface area contributed by atoms with Gasteiger partial charge in [-0.2, -0.15) is 0 Å². The quantitative estimate of drug-likeness (QED) is 0.804. The zero-order chi connectivity index (χ0) is 11.4. The minimum absolute atomic E-state index is 0.330. The van der Waals surface area contributed by atoms with Crippen LogP contribution in [0.5, 0.6) is 5.88 Å². The van der Waals surface area contributed by atoms with Gasteiger partial charge in [-0.1, -0.05) is 30.3 Å². The molecule has 4 nitrogen and oxygen atoms in total. The maximum Gasteiger partial charge on any atom is 0.512 e. The van der Waals surface area contributed by atoms with Crippen LogP contribution in [0.3, 0.4) is 0 Å². The molecule has 16 heavy (non-hydrogen) atoms. The Morgan fingerprint density at radius 3 is 2.62 bits per heavy atom. The van der Waals surface area contributed by atoms with Gasteiger partial charge in [-0.05, 0) is 11.6 Å². The lowest BCUT2D eigenvalue weighted by atomic mass is 10.2. The summed E-state index contributed by atoms with van der Waals surface area (Å²) < 4.78 is 6.38. The number of aromatic nitrogens is 1. The summed E-state index contributed by atoms with van der Waals surface area (Å²) >= 11 is 0. The standard InChI is InChI=1S/C12H11NO3/c14-12(15)16-11-7-4-8-13(11)9-10-5-2-1-3-6-10/h1-8H,9H2,(H,14,15). The number of nitrogens with zero attached hydrogens (tertiary/aromatic N) is 1. The molecule has 0 aliphatic rings. The second-order valence-corrected chi connectivity index (χ2v) is 3.33. The molecule has 0 aliphatic heterocycles. The molecule has 0 bridgehead atoms. The number of benzene rings is 1. The van der Waals surface area contributed by atoms with E-state index in [1.807, 2.05) is 30.3 Å². The third kappa shape index (κ3) is 2.42. The van der Waals surface area contributed by atoms with Crippen LogP contribution in [0.1, 0.15) is 5.56 Å². The Morgan fingerprint density at radius 2 is 1.94 bits per heavy atom. The maximum atomic E-state index is 10.4. The first-order valence-corrected chi connectivity index (χ1v) is 4.85. The van der Waals surface area contributed by atoms with E-state index in [2.05, 4.69) is 4.74 Å². The van der Waals surface area contributed by atoms with E-state index in [4.69, 9.17) is 5.11 Å². The van der Waals surface area contributed by atoms with Gasteiger partial charge in [0.2, 0.25) is 5.88 Å². The molecule has 1 heterocycles. The smallest absolute Gasteiger partial charge is 0.449 e. The summed E-state index contributed by atoms with van der Waals surface area (Å²) in [5, 5.41) is 8.54. The number of ether oxygens (including phenoxy) is 1. The SMILES string of the molecule is O=C(O)Oc1cccn1Cc1ccccc1. The highest BCUT2D eigenvalue weighted by molar-refractivity contribution is 5.60. The number of rotatable bonds is 3. The van der Waals surface area contributed by atoms with Crippen LogP contribution in [-0.2, 0) is 6.54 Å². The van der Waals surface area contributed by atoms with Gasteiger partial charge in [-0.15, -0.1) is 0 Å². The molecule has 0 saturated heterocycles. The van der Waals surface area contributed by atoms with Gasteiger partial charge in [0.1, 0.15) is 0 Å². The third-order valence-electron chi connectivity index (χ3n) is 2.18. The molecule has 0 aliphatic carbocycles. The fourth-order valence-corrected chi connectivity index (χ4v) is 1.49. The van der Waals surface area contributed by atoms with Gasteiger partial charge >= 0.3 is 6.16 Å². The van der Waals surface area contributed by atoms with E-state index in [1.165, 1.54) is 0 Å². The van der Waals surface area contributed by atoms with Crippen molar-refractivity contribution in [3.05, 3.63) is 54.2 Å². The van der Waals surface area contributed by atoms with Crippen LogP contribution in [0.25, 0.3) is 0 Å². The molecule has 0 fully saturated rings. The van der Waals surface area contributed by atoms with Crippen molar-refractivity contribution in [1.29, 1.82) is 0 Å². The van der Waals surface area contributed by atoms with Gasteiger partial charge in [0, 0.05) is 12.3 Å². The third-order valence-corrected chi connectivity index (χ3v) is 2.18. The van der Waals surface area contributed by atoms with Crippen molar-refractivity contribution in [3.8, 4) is 5.88 Å². The molecular formula is C12H11NO3. The van der Waals surface area contributed by atoms with E-state index < -0.39 is 6.16 Å². The van der Waals surface area contributed by atoms with E-state index in [0.717, 1.165) is 5.56 Å². The van der Waals surface area contributed by atoms with Crippen molar-refractivity contribution in [1.82, 2.24) is 4.57 Å². The molecule has 0 radical (unpaired) electrons. The molecule has 0 unspecified atom stereocenters. The molecule has 2 aromatic rings. The number of hydrogen-bond acceptors (Lipinski definition) is 2. The van der Waals surface area contributed by atoms with Gasteiger partial charge < -0.3 is 14.4 Å². The number of carboxylic acid groups (broad SMARTS) is 1. The lowest BCUT2D eigenvalue weighted by Crippen LogP contribution is -2.08. The summed E-state index contributed by atoms with van der Waals surface area (Å²) in [5.41, 5.74) is 1.09. The van der Waals surface area contributed by atoms with E-state index in [1.54, 1.807) is 22.9 Å². The molecule has 1 aromatic heterocycles. The summed E-state index contributed by atoms with van der Waals surface area (Å²) in [4.78, 5) is 10.4. The molecule has 4 heteroatoms. The normalized spacial score (nSPS) is 10.0. The summed E-state index contributed by atoms with van der Waals surface area (Å²) in [7, 11) is 0. The van der Waals surface area contributed by atoms with E-state index in [9.17, 15) is 4.79 Å². The van der Waals surface area contributed by atoms with E-state index >= 15 is 0 Å². The Morgan fingerprint density at radius 1 is 1.19 bits per heavy atom. The molecule has 1 aromatic carbocycles. The van der Waals surface area contributed by atoms with Gasteiger partial charge in [0.25, 0.3) is 0 Å². The van der Waals surface area contributed by atoms with E-state index in [-0.39, 0.29) is 0 Å². The fraction of sp³-hybridized carbons (Fsp3) is 0.0833. The topological polar surface area (TPSA) is 51.5 Å². The van der Waals surface area contributed by atoms with Crippen molar-refractivity contribution in [2.45, 2.75) is 6.54 Å². The molecule has 0 atom stereocenters. The van der Waals surface area contributed by atoms with Crippen LogP contribution >= 0.6 is 0 Å². The van der Waals surface area contributed by atoms with Gasteiger partial charge in [-0.25, -0.2) is 4.79 Å². The average Bonchev–Trinajstić information content (AvgIpc) is 2.66. The predicted octanol–water partition coefficient (Wildman–Crippen LogP) is 2.59. The van der Waals surface area contributed by atoms with Crippen LogP contribution in [0.4, 0.5) is 4.79 Å². The minimum Gasteiger partial charge on any atom is -0.449 e. The molecule has 82 valence electrons. The Labute approximate surface area is 92.7 Å². The Hall–Kier alpha value is -2.23.